The lowest BCUT2D eigenvalue weighted by molar-refractivity contribution is -0.138. The van der Waals surface area contributed by atoms with Crippen LogP contribution in [0.5, 0.6) is 5.75 Å². The lowest BCUT2D eigenvalue weighted by Crippen LogP contribution is -2.29. The van der Waals surface area contributed by atoms with Crippen LogP contribution < -0.4 is 4.74 Å². The van der Waals surface area contributed by atoms with Gasteiger partial charge in [-0.1, -0.05) is 6.07 Å². The molecule has 110 valence electrons. The summed E-state index contributed by atoms with van der Waals surface area (Å²) in [6.07, 6.45) is 0.695. The molecule has 1 N–H and O–H groups in total. The number of carboxylic acids is 1. The Labute approximate surface area is 117 Å². The van der Waals surface area contributed by atoms with Gasteiger partial charge >= 0.3 is 5.97 Å². The van der Waals surface area contributed by atoms with Gasteiger partial charge in [0.15, 0.2) is 0 Å². The molecular weight excluding hydrogens is 265 g/mol. The quantitative estimate of drug-likeness (QED) is 0.740. The average Bonchev–Trinajstić information content (AvgIpc) is 2.40. The van der Waals surface area contributed by atoms with Gasteiger partial charge in [0.2, 0.25) is 5.91 Å². The minimum absolute atomic E-state index is 0.0674. The third-order valence-corrected chi connectivity index (χ3v) is 2.69. The minimum atomic E-state index is -0.931. The fraction of sp³-hybridized carbons (Fsp3) is 0.429. The molecule has 1 aromatic rings. The normalized spacial score (nSPS) is 10.1. The molecule has 0 saturated carbocycles. The van der Waals surface area contributed by atoms with Crippen LogP contribution in [0.3, 0.4) is 0 Å². The number of ether oxygens (including phenoxy) is 1. The third-order valence-electron chi connectivity index (χ3n) is 2.69. The van der Waals surface area contributed by atoms with E-state index in [1.54, 1.807) is 19.2 Å². The SMILES string of the molecule is CN(CCC(=O)O)C(=O)CCCOc1cccc(F)c1. The van der Waals surface area contributed by atoms with Gasteiger partial charge in [-0.05, 0) is 18.6 Å². The van der Waals surface area contributed by atoms with Crippen LogP contribution in [0.25, 0.3) is 0 Å². The summed E-state index contributed by atoms with van der Waals surface area (Å²) in [5.74, 6) is -1.00. The highest BCUT2D eigenvalue weighted by molar-refractivity contribution is 5.76. The van der Waals surface area contributed by atoms with Crippen LogP contribution in [-0.4, -0.2) is 42.1 Å². The summed E-state index contributed by atoms with van der Waals surface area (Å²) in [5, 5.41) is 8.52. The predicted octanol–water partition coefficient (Wildman–Crippen LogP) is 1.92. The number of hydrogen-bond donors (Lipinski definition) is 1. The van der Waals surface area contributed by atoms with E-state index in [0.717, 1.165) is 0 Å². The zero-order valence-electron chi connectivity index (χ0n) is 11.3. The van der Waals surface area contributed by atoms with E-state index in [-0.39, 0.29) is 31.1 Å². The Morgan fingerprint density at radius 2 is 2.10 bits per heavy atom. The van der Waals surface area contributed by atoms with Crippen molar-refractivity contribution in [3.63, 3.8) is 0 Å². The second kappa shape index (κ2) is 8.14. The number of aliphatic carboxylic acids is 1. The summed E-state index contributed by atoms with van der Waals surface area (Å²) >= 11 is 0. The monoisotopic (exact) mass is 283 g/mol. The van der Waals surface area contributed by atoms with Crippen LogP contribution >= 0.6 is 0 Å². The molecular formula is C14H18FNO4. The number of amides is 1. The summed E-state index contributed by atoms with van der Waals surface area (Å²) in [4.78, 5) is 23.4. The first-order chi connectivity index (χ1) is 9.49. The van der Waals surface area contributed by atoms with E-state index in [9.17, 15) is 14.0 Å². The molecule has 0 fully saturated rings. The fourth-order valence-electron chi connectivity index (χ4n) is 1.55. The molecule has 0 aromatic heterocycles. The van der Waals surface area contributed by atoms with E-state index in [0.29, 0.717) is 18.8 Å². The van der Waals surface area contributed by atoms with Gasteiger partial charge in [0.05, 0.1) is 13.0 Å². The van der Waals surface area contributed by atoms with E-state index in [1.165, 1.54) is 17.0 Å². The zero-order valence-corrected chi connectivity index (χ0v) is 11.3. The minimum Gasteiger partial charge on any atom is -0.493 e. The molecule has 20 heavy (non-hydrogen) atoms. The van der Waals surface area contributed by atoms with Crippen molar-refractivity contribution in [2.24, 2.45) is 0 Å². The first-order valence-corrected chi connectivity index (χ1v) is 6.33. The van der Waals surface area contributed by atoms with Crippen LogP contribution in [0.2, 0.25) is 0 Å². The Bertz CT molecular complexity index is 464. The summed E-state index contributed by atoms with van der Waals surface area (Å²) < 4.78 is 18.2. The summed E-state index contributed by atoms with van der Waals surface area (Å²) in [6, 6.07) is 5.80. The lowest BCUT2D eigenvalue weighted by atomic mass is 10.2. The van der Waals surface area contributed by atoms with Gasteiger partial charge in [-0.2, -0.15) is 0 Å². The van der Waals surface area contributed by atoms with Gasteiger partial charge in [0.1, 0.15) is 11.6 Å². The Morgan fingerprint density at radius 3 is 2.75 bits per heavy atom. The van der Waals surface area contributed by atoms with Gasteiger partial charge in [-0.25, -0.2) is 4.39 Å². The molecule has 0 saturated heterocycles. The van der Waals surface area contributed by atoms with Crippen molar-refractivity contribution in [2.45, 2.75) is 19.3 Å². The first kappa shape index (κ1) is 15.9. The summed E-state index contributed by atoms with van der Waals surface area (Å²) in [7, 11) is 1.57. The second-order valence-electron chi connectivity index (χ2n) is 4.37. The Hall–Kier alpha value is -2.11. The van der Waals surface area contributed by atoms with E-state index in [4.69, 9.17) is 9.84 Å². The van der Waals surface area contributed by atoms with Crippen molar-refractivity contribution in [1.82, 2.24) is 4.90 Å². The molecule has 0 aliphatic heterocycles. The average molecular weight is 283 g/mol. The predicted molar refractivity (Wildman–Crippen MR) is 71.0 cm³/mol. The number of nitrogens with zero attached hydrogens (tertiary/aromatic N) is 1. The maximum atomic E-state index is 12.9. The number of carboxylic acid groups (broad SMARTS) is 1. The molecule has 0 unspecified atom stereocenters. The number of carbonyl (C=O) groups excluding carboxylic acids is 1. The van der Waals surface area contributed by atoms with Crippen molar-refractivity contribution >= 4 is 11.9 Å². The molecule has 0 radical (unpaired) electrons. The number of benzene rings is 1. The maximum Gasteiger partial charge on any atom is 0.305 e. The van der Waals surface area contributed by atoms with Crippen molar-refractivity contribution in [3.8, 4) is 5.75 Å². The number of carbonyl (C=O) groups is 2. The highest BCUT2D eigenvalue weighted by Crippen LogP contribution is 2.12. The van der Waals surface area contributed by atoms with Crippen molar-refractivity contribution in [1.29, 1.82) is 0 Å². The molecule has 0 spiro atoms. The van der Waals surface area contributed by atoms with Gasteiger partial charge < -0.3 is 14.7 Å². The maximum absolute atomic E-state index is 12.9. The molecule has 0 bridgehead atoms. The molecule has 1 rings (SSSR count). The number of hydrogen-bond acceptors (Lipinski definition) is 3. The van der Waals surface area contributed by atoms with E-state index in [1.807, 2.05) is 0 Å². The smallest absolute Gasteiger partial charge is 0.305 e. The molecule has 6 heteroatoms. The van der Waals surface area contributed by atoms with Gasteiger partial charge in [0.25, 0.3) is 0 Å². The van der Waals surface area contributed by atoms with Gasteiger partial charge in [-0.3, -0.25) is 9.59 Å². The Balaban J connectivity index is 2.20. The van der Waals surface area contributed by atoms with Gasteiger partial charge in [-0.15, -0.1) is 0 Å². The Morgan fingerprint density at radius 1 is 1.35 bits per heavy atom. The van der Waals surface area contributed by atoms with Crippen LogP contribution in [0.15, 0.2) is 24.3 Å². The molecule has 1 aromatic carbocycles. The largest absolute Gasteiger partial charge is 0.493 e. The molecule has 1 amide bonds. The molecule has 0 heterocycles. The first-order valence-electron chi connectivity index (χ1n) is 6.33. The highest BCUT2D eigenvalue weighted by atomic mass is 19.1. The molecule has 0 aliphatic rings. The summed E-state index contributed by atoms with van der Waals surface area (Å²) in [6.45, 7) is 0.501. The van der Waals surface area contributed by atoms with Crippen LogP contribution in [0, 0.1) is 5.82 Å². The lowest BCUT2D eigenvalue weighted by Gasteiger charge is -2.15. The second-order valence-corrected chi connectivity index (χ2v) is 4.37. The molecule has 0 aliphatic carbocycles. The van der Waals surface area contributed by atoms with Crippen LogP contribution in [0.4, 0.5) is 4.39 Å². The van der Waals surface area contributed by atoms with E-state index >= 15 is 0 Å². The topological polar surface area (TPSA) is 66.8 Å². The fourth-order valence-corrected chi connectivity index (χ4v) is 1.55. The van der Waals surface area contributed by atoms with Gasteiger partial charge in [0, 0.05) is 26.1 Å². The van der Waals surface area contributed by atoms with Crippen molar-refractivity contribution in [2.75, 3.05) is 20.2 Å². The molecule has 5 nitrogen and oxygen atoms in total. The van der Waals surface area contributed by atoms with Crippen LogP contribution in [0.1, 0.15) is 19.3 Å². The number of halogens is 1. The highest BCUT2D eigenvalue weighted by Gasteiger charge is 2.09. The standard InChI is InChI=1S/C14H18FNO4/c1-16(8-7-14(18)19)13(17)6-3-9-20-12-5-2-4-11(15)10-12/h2,4-5,10H,3,6-9H2,1H3,(H,18,19). The summed E-state index contributed by atoms with van der Waals surface area (Å²) in [5.41, 5.74) is 0. The van der Waals surface area contributed by atoms with E-state index < -0.39 is 5.97 Å². The number of rotatable bonds is 8. The Kier molecular flexibility index (Phi) is 6.49. The van der Waals surface area contributed by atoms with Crippen molar-refractivity contribution in [3.05, 3.63) is 30.1 Å². The van der Waals surface area contributed by atoms with E-state index in [2.05, 4.69) is 0 Å². The zero-order chi connectivity index (χ0) is 15.0. The molecule has 0 atom stereocenters. The van der Waals surface area contributed by atoms with Crippen molar-refractivity contribution < 1.29 is 23.8 Å². The van der Waals surface area contributed by atoms with Crippen LogP contribution in [-0.2, 0) is 9.59 Å². The third kappa shape index (κ3) is 6.17.